The summed E-state index contributed by atoms with van der Waals surface area (Å²) < 4.78 is 1.21. The van der Waals surface area contributed by atoms with E-state index in [4.69, 9.17) is 11.6 Å². The summed E-state index contributed by atoms with van der Waals surface area (Å²) in [4.78, 5) is 9.97. The van der Waals surface area contributed by atoms with Crippen molar-refractivity contribution in [2.45, 2.75) is 0 Å². The average Bonchev–Trinajstić information content (AvgIpc) is 3.00. The highest BCUT2D eigenvalue weighted by Gasteiger charge is 2.16. The Kier molecular flexibility index (Phi) is 3.05. The number of benzene rings is 3. The van der Waals surface area contributed by atoms with Crippen molar-refractivity contribution in [2.75, 3.05) is 0 Å². The molecule has 0 aliphatic rings. The molecule has 3 aromatic carbocycles. The van der Waals surface area contributed by atoms with Gasteiger partial charge in [-0.2, -0.15) is 0 Å². The van der Waals surface area contributed by atoms with Gasteiger partial charge < -0.3 is 0 Å². The Morgan fingerprint density at radius 3 is 2.42 bits per heavy atom. The number of hydrogen-bond acceptors (Lipinski definition) is 3. The summed E-state index contributed by atoms with van der Waals surface area (Å²) in [6, 6.07) is 22.9. The molecular formula is C20H11ClN2S. The van der Waals surface area contributed by atoms with Crippen LogP contribution in [0.4, 0.5) is 0 Å². The fourth-order valence-electron chi connectivity index (χ4n) is 3.22. The van der Waals surface area contributed by atoms with Crippen LogP contribution in [0.15, 0.2) is 66.7 Å². The monoisotopic (exact) mass is 346 g/mol. The maximum atomic E-state index is 6.20. The first kappa shape index (κ1) is 13.9. The molecule has 0 saturated carbocycles. The summed E-state index contributed by atoms with van der Waals surface area (Å²) in [7, 11) is 0. The van der Waals surface area contributed by atoms with Gasteiger partial charge in [0.05, 0.1) is 5.69 Å². The molecule has 0 N–H and O–H groups in total. The molecule has 0 fully saturated rings. The third kappa shape index (κ3) is 2.02. The third-order valence-electron chi connectivity index (χ3n) is 4.24. The summed E-state index contributed by atoms with van der Waals surface area (Å²) in [5, 5.41) is 5.03. The van der Waals surface area contributed by atoms with E-state index in [2.05, 4.69) is 58.5 Å². The summed E-state index contributed by atoms with van der Waals surface area (Å²) in [5.41, 5.74) is 1.95. The molecule has 4 heteroatoms. The second kappa shape index (κ2) is 5.26. The Morgan fingerprint density at radius 1 is 0.750 bits per heavy atom. The molecule has 5 rings (SSSR count). The van der Waals surface area contributed by atoms with Crippen molar-refractivity contribution in [1.29, 1.82) is 0 Å². The van der Waals surface area contributed by atoms with E-state index in [1.54, 1.807) is 11.3 Å². The predicted molar refractivity (Wildman–Crippen MR) is 103 cm³/mol. The molecule has 24 heavy (non-hydrogen) atoms. The summed E-state index contributed by atoms with van der Waals surface area (Å²) in [6.45, 7) is 0. The molecule has 5 aromatic rings. The fraction of sp³-hybridized carbons (Fsp3) is 0. The van der Waals surface area contributed by atoms with Crippen molar-refractivity contribution in [3.63, 3.8) is 0 Å². The normalized spacial score (nSPS) is 11.5. The smallest absolute Gasteiger partial charge is 0.217 e. The standard InChI is InChI=1S/C20H11ClN2S/c21-20-22-18(13-7-2-1-3-8-13)17-16-14-9-5-4-6-12(14)10-11-15(16)24-19(17)23-20/h1-11H. The average molecular weight is 347 g/mol. The number of hydrogen-bond donors (Lipinski definition) is 0. The summed E-state index contributed by atoms with van der Waals surface area (Å²) in [5.74, 6) is 0. The van der Waals surface area contributed by atoms with E-state index >= 15 is 0 Å². The fourth-order valence-corrected chi connectivity index (χ4v) is 4.53. The zero-order chi connectivity index (χ0) is 16.1. The van der Waals surface area contributed by atoms with Crippen LogP contribution >= 0.6 is 22.9 Å². The second-order valence-electron chi connectivity index (χ2n) is 5.65. The first-order chi connectivity index (χ1) is 11.8. The molecule has 0 unspecified atom stereocenters. The van der Waals surface area contributed by atoms with Gasteiger partial charge in [-0.05, 0) is 28.4 Å². The van der Waals surface area contributed by atoms with Gasteiger partial charge in [0.1, 0.15) is 4.83 Å². The molecule has 2 nitrogen and oxygen atoms in total. The van der Waals surface area contributed by atoms with E-state index in [1.165, 1.54) is 20.9 Å². The van der Waals surface area contributed by atoms with Gasteiger partial charge in [0.25, 0.3) is 0 Å². The number of thiophene rings is 1. The number of halogens is 1. The van der Waals surface area contributed by atoms with Crippen LogP contribution < -0.4 is 0 Å². The van der Waals surface area contributed by atoms with Gasteiger partial charge in [-0.3, -0.25) is 0 Å². The molecule has 0 amide bonds. The van der Waals surface area contributed by atoms with Crippen molar-refractivity contribution in [2.24, 2.45) is 0 Å². The number of aromatic nitrogens is 2. The lowest BCUT2D eigenvalue weighted by atomic mass is 10.0. The topological polar surface area (TPSA) is 25.8 Å². The van der Waals surface area contributed by atoms with Crippen LogP contribution in [0.5, 0.6) is 0 Å². The van der Waals surface area contributed by atoms with E-state index in [-0.39, 0.29) is 5.28 Å². The molecule has 0 spiro atoms. The van der Waals surface area contributed by atoms with Gasteiger partial charge in [-0.1, -0.05) is 60.7 Å². The molecule has 0 bridgehead atoms. The number of nitrogens with zero attached hydrogens (tertiary/aromatic N) is 2. The molecular weight excluding hydrogens is 336 g/mol. The minimum absolute atomic E-state index is 0.289. The quantitative estimate of drug-likeness (QED) is 0.332. The van der Waals surface area contributed by atoms with E-state index in [0.29, 0.717) is 0 Å². The van der Waals surface area contributed by atoms with Crippen LogP contribution in [0.1, 0.15) is 0 Å². The van der Waals surface area contributed by atoms with E-state index in [1.807, 2.05) is 18.2 Å². The maximum Gasteiger partial charge on any atom is 0.224 e. The number of fused-ring (bicyclic) bond motifs is 5. The van der Waals surface area contributed by atoms with Gasteiger partial charge in [0.2, 0.25) is 5.28 Å². The Bertz CT molecular complexity index is 1210. The van der Waals surface area contributed by atoms with Crippen LogP contribution in [0, 0.1) is 0 Å². The Hall–Kier alpha value is -2.49. The molecule has 0 aliphatic heterocycles. The first-order valence-corrected chi connectivity index (χ1v) is 8.83. The van der Waals surface area contributed by atoms with Gasteiger partial charge in [0, 0.05) is 21.0 Å². The molecule has 0 atom stereocenters. The zero-order valence-corrected chi connectivity index (χ0v) is 14.1. The van der Waals surface area contributed by atoms with E-state index in [0.717, 1.165) is 21.5 Å². The van der Waals surface area contributed by atoms with Crippen molar-refractivity contribution in [3.8, 4) is 11.3 Å². The Balaban J connectivity index is 2.04. The van der Waals surface area contributed by atoms with Crippen LogP contribution in [-0.2, 0) is 0 Å². The van der Waals surface area contributed by atoms with Gasteiger partial charge in [-0.15, -0.1) is 11.3 Å². The number of rotatable bonds is 1. The lowest BCUT2D eigenvalue weighted by Gasteiger charge is -2.05. The maximum absolute atomic E-state index is 6.20. The van der Waals surface area contributed by atoms with Crippen LogP contribution in [0.3, 0.4) is 0 Å². The van der Waals surface area contributed by atoms with Gasteiger partial charge in [-0.25, -0.2) is 9.97 Å². The lowest BCUT2D eigenvalue weighted by Crippen LogP contribution is -1.89. The molecule has 2 aromatic heterocycles. The van der Waals surface area contributed by atoms with Gasteiger partial charge >= 0.3 is 0 Å². The van der Waals surface area contributed by atoms with Crippen molar-refractivity contribution >= 4 is 54.0 Å². The zero-order valence-electron chi connectivity index (χ0n) is 12.5. The van der Waals surface area contributed by atoms with Crippen LogP contribution in [0.2, 0.25) is 5.28 Å². The molecule has 0 saturated heterocycles. The summed E-state index contributed by atoms with van der Waals surface area (Å²) >= 11 is 7.87. The largest absolute Gasteiger partial charge is 0.224 e. The highest BCUT2D eigenvalue weighted by Crippen LogP contribution is 2.41. The molecule has 0 radical (unpaired) electrons. The van der Waals surface area contributed by atoms with Crippen LogP contribution in [-0.4, -0.2) is 9.97 Å². The SMILES string of the molecule is Clc1nc(-c2ccccc2)c2c(n1)sc1ccc3ccccc3c12. The van der Waals surface area contributed by atoms with Crippen molar-refractivity contribution in [3.05, 3.63) is 72.0 Å². The highest BCUT2D eigenvalue weighted by atomic mass is 35.5. The highest BCUT2D eigenvalue weighted by molar-refractivity contribution is 7.25. The van der Waals surface area contributed by atoms with Crippen LogP contribution in [0.25, 0.3) is 42.3 Å². The van der Waals surface area contributed by atoms with Crippen molar-refractivity contribution < 1.29 is 0 Å². The second-order valence-corrected chi connectivity index (χ2v) is 7.02. The summed E-state index contributed by atoms with van der Waals surface area (Å²) in [6.07, 6.45) is 0. The predicted octanol–water partition coefficient (Wildman–Crippen LogP) is 6.32. The molecule has 0 aliphatic carbocycles. The minimum Gasteiger partial charge on any atom is -0.217 e. The lowest BCUT2D eigenvalue weighted by molar-refractivity contribution is 1.24. The Morgan fingerprint density at radius 2 is 1.54 bits per heavy atom. The van der Waals surface area contributed by atoms with E-state index < -0.39 is 0 Å². The molecule has 114 valence electrons. The Labute approximate surface area is 147 Å². The molecule has 2 heterocycles. The van der Waals surface area contributed by atoms with Gasteiger partial charge in [0.15, 0.2) is 0 Å². The first-order valence-electron chi connectivity index (χ1n) is 7.64. The van der Waals surface area contributed by atoms with E-state index in [9.17, 15) is 0 Å². The third-order valence-corrected chi connectivity index (χ3v) is 5.46. The minimum atomic E-state index is 0.289. The van der Waals surface area contributed by atoms with Crippen molar-refractivity contribution in [1.82, 2.24) is 9.97 Å².